The number of nitrogens with zero attached hydrogens (tertiary/aromatic N) is 1. The predicted octanol–water partition coefficient (Wildman–Crippen LogP) is 7.58. The van der Waals surface area contributed by atoms with Gasteiger partial charge >= 0.3 is 0 Å². The van der Waals surface area contributed by atoms with Gasteiger partial charge in [0.15, 0.2) is 0 Å². The van der Waals surface area contributed by atoms with E-state index in [2.05, 4.69) is 20.9 Å². The van der Waals surface area contributed by atoms with Gasteiger partial charge in [0.25, 0.3) is 11.8 Å². The van der Waals surface area contributed by atoms with Gasteiger partial charge in [-0.2, -0.15) is 0 Å². The first-order valence-corrected chi connectivity index (χ1v) is 16.0. The fourth-order valence-electron chi connectivity index (χ4n) is 4.50. The highest BCUT2D eigenvalue weighted by molar-refractivity contribution is 8.00. The number of nitrogens with one attached hydrogen (secondary N) is 3. The van der Waals surface area contributed by atoms with Gasteiger partial charge in [0.1, 0.15) is 18.1 Å². The van der Waals surface area contributed by atoms with Gasteiger partial charge in [-0.05, 0) is 78.2 Å². The van der Waals surface area contributed by atoms with Gasteiger partial charge in [-0.1, -0.05) is 73.7 Å². The number of carbonyl (C=O) groups excluding carboxylic acids is 3. The van der Waals surface area contributed by atoms with Gasteiger partial charge in [-0.15, -0.1) is 11.8 Å². The fourth-order valence-corrected chi connectivity index (χ4v) is 5.51. The molecule has 0 radical (unpaired) electrons. The Morgan fingerprint density at radius 1 is 0.787 bits per heavy atom. The number of thioether (sulfide) groups is 1. The Balaban J connectivity index is 1.30. The molecule has 8 nitrogen and oxygen atoms in total. The lowest BCUT2D eigenvalue weighted by Crippen LogP contribution is -2.30. The maximum Gasteiger partial charge on any atom is 0.272 e. The molecule has 0 aliphatic heterocycles. The molecular formula is C38H34N4O4S. The summed E-state index contributed by atoms with van der Waals surface area (Å²) in [5.74, 6) is -0.351. The van der Waals surface area contributed by atoms with E-state index in [1.165, 1.54) is 11.8 Å². The lowest BCUT2D eigenvalue weighted by Gasteiger charge is -2.16. The molecule has 5 aromatic rings. The third-order valence-corrected chi connectivity index (χ3v) is 8.31. The molecule has 0 saturated heterocycles. The van der Waals surface area contributed by atoms with Crippen molar-refractivity contribution in [2.75, 3.05) is 10.6 Å². The first-order valence-electron chi connectivity index (χ1n) is 15.1. The highest BCUT2D eigenvalue weighted by Gasteiger charge is 2.19. The molecule has 3 N–H and O–H groups in total. The normalized spacial score (nSPS) is 11.6. The van der Waals surface area contributed by atoms with E-state index in [1.807, 2.05) is 79.7 Å². The van der Waals surface area contributed by atoms with Crippen molar-refractivity contribution in [3.05, 3.63) is 156 Å². The Morgan fingerprint density at radius 2 is 1.49 bits per heavy atom. The lowest BCUT2D eigenvalue weighted by molar-refractivity contribution is -0.116. The van der Waals surface area contributed by atoms with Crippen molar-refractivity contribution in [3.63, 3.8) is 0 Å². The van der Waals surface area contributed by atoms with Crippen LogP contribution in [0.5, 0.6) is 5.75 Å². The fraction of sp³-hybridized carbons (Fsp3) is 0.105. The van der Waals surface area contributed by atoms with Crippen LogP contribution in [0.4, 0.5) is 11.4 Å². The van der Waals surface area contributed by atoms with Crippen LogP contribution in [-0.4, -0.2) is 28.0 Å². The maximum absolute atomic E-state index is 13.6. The number of benzene rings is 4. The number of ether oxygens (including phenoxy) is 1. The Morgan fingerprint density at radius 3 is 2.19 bits per heavy atom. The minimum atomic E-state index is -0.497. The Labute approximate surface area is 278 Å². The molecule has 4 aromatic carbocycles. The number of hydrogen-bond donors (Lipinski definition) is 3. The molecule has 9 heteroatoms. The minimum absolute atomic E-state index is 0.0676. The highest BCUT2D eigenvalue weighted by atomic mass is 32.2. The summed E-state index contributed by atoms with van der Waals surface area (Å²) in [6.45, 7) is 2.38. The first kappa shape index (κ1) is 32.7. The molecule has 1 unspecified atom stereocenters. The van der Waals surface area contributed by atoms with E-state index in [0.29, 0.717) is 41.3 Å². The van der Waals surface area contributed by atoms with Crippen LogP contribution in [-0.2, 0) is 16.2 Å². The van der Waals surface area contributed by atoms with Crippen LogP contribution in [0.1, 0.15) is 34.8 Å². The Kier molecular flexibility index (Phi) is 11.5. The van der Waals surface area contributed by atoms with E-state index in [-0.39, 0.29) is 16.9 Å². The van der Waals surface area contributed by atoms with Crippen LogP contribution >= 0.6 is 11.8 Å². The van der Waals surface area contributed by atoms with E-state index < -0.39 is 11.8 Å². The molecule has 0 saturated carbocycles. The van der Waals surface area contributed by atoms with Crippen molar-refractivity contribution in [3.8, 4) is 5.75 Å². The van der Waals surface area contributed by atoms with Crippen molar-refractivity contribution < 1.29 is 19.1 Å². The molecule has 1 aromatic heterocycles. The summed E-state index contributed by atoms with van der Waals surface area (Å²) in [5.41, 5.74) is 3.44. The summed E-state index contributed by atoms with van der Waals surface area (Å²) in [6, 6.07) is 36.6. The number of anilines is 2. The third-order valence-electron chi connectivity index (χ3n) is 6.95. The topological polar surface area (TPSA) is 109 Å². The SMILES string of the molecule is CCC(Sc1cccc(NC(=O)/C(=C/c2ccc(OCc3ccccc3)cc2)NC(=O)c2ccccc2)c1)C(=O)Nc1ccncc1. The van der Waals surface area contributed by atoms with Crippen LogP contribution in [0.3, 0.4) is 0 Å². The van der Waals surface area contributed by atoms with Crippen molar-refractivity contribution in [2.24, 2.45) is 0 Å². The monoisotopic (exact) mass is 642 g/mol. The highest BCUT2D eigenvalue weighted by Crippen LogP contribution is 2.29. The van der Waals surface area contributed by atoms with Gasteiger partial charge in [0.2, 0.25) is 5.91 Å². The molecule has 0 aliphatic carbocycles. The molecule has 47 heavy (non-hydrogen) atoms. The Hall–Kier alpha value is -5.67. The molecule has 0 aliphatic rings. The predicted molar refractivity (Wildman–Crippen MR) is 187 cm³/mol. The smallest absolute Gasteiger partial charge is 0.272 e. The van der Waals surface area contributed by atoms with Gasteiger partial charge in [-0.3, -0.25) is 19.4 Å². The van der Waals surface area contributed by atoms with E-state index in [1.54, 1.807) is 67.0 Å². The van der Waals surface area contributed by atoms with E-state index in [4.69, 9.17) is 4.74 Å². The molecule has 1 atom stereocenters. The first-order chi connectivity index (χ1) is 23.0. The maximum atomic E-state index is 13.6. The summed E-state index contributed by atoms with van der Waals surface area (Å²) >= 11 is 1.40. The number of aromatic nitrogens is 1. The zero-order valence-electron chi connectivity index (χ0n) is 25.8. The number of pyridine rings is 1. The van der Waals surface area contributed by atoms with Crippen LogP contribution < -0.4 is 20.7 Å². The average molecular weight is 643 g/mol. The number of hydrogen-bond acceptors (Lipinski definition) is 6. The standard InChI is InChI=1S/C38H34N4O4S/c1-2-35(38(45)40-30-20-22-39-23-21-30)47-33-15-9-14-31(25-33)41-37(44)34(42-36(43)29-12-7-4-8-13-29)24-27-16-18-32(19-17-27)46-26-28-10-5-3-6-11-28/h3-25,35H,2,26H2,1H3,(H,41,44)(H,42,43)(H,39,40,45)/b34-24-. The summed E-state index contributed by atoms with van der Waals surface area (Å²) < 4.78 is 5.89. The van der Waals surface area contributed by atoms with Gasteiger partial charge in [-0.25, -0.2) is 0 Å². The van der Waals surface area contributed by atoms with E-state index in [9.17, 15) is 14.4 Å². The van der Waals surface area contributed by atoms with Gasteiger partial charge in [0, 0.05) is 34.2 Å². The van der Waals surface area contributed by atoms with Crippen molar-refractivity contribution in [1.29, 1.82) is 0 Å². The number of rotatable bonds is 13. The summed E-state index contributed by atoms with van der Waals surface area (Å²) in [6.07, 6.45) is 5.47. The third kappa shape index (κ3) is 9.91. The molecule has 5 rings (SSSR count). The average Bonchev–Trinajstić information content (AvgIpc) is 3.11. The molecule has 1 heterocycles. The lowest BCUT2D eigenvalue weighted by atomic mass is 10.1. The number of carbonyl (C=O) groups is 3. The molecular weight excluding hydrogens is 609 g/mol. The molecule has 0 bridgehead atoms. The minimum Gasteiger partial charge on any atom is -0.489 e. The Bertz CT molecular complexity index is 1820. The largest absolute Gasteiger partial charge is 0.489 e. The quantitative estimate of drug-likeness (QED) is 0.0903. The molecule has 3 amide bonds. The van der Waals surface area contributed by atoms with E-state index >= 15 is 0 Å². The zero-order valence-corrected chi connectivity index (χ0v) is 26.6. The van der Waals surface area contributed by atoms with Crippen LogP contribution in [0.25, 0.3) is 6.08 Å². The van der Waals surface area contributed by atoms with E-state index in [0.717, 1.165) is 10.5 Å². The van der Waals surface area contributed by atoms with Crippen molar-refractivity contribution in [2.45, 2.75) is 30.1 Å². The number of amides is 3. The van der Waals surface area contributed by atoms with Gasteiger partial charge < -0.3 is 20.7 Å². The second kappa shape index (κ2) is 16.6. The van der Waals surface area contributed by atoms with Crippen LogP contribution in [0, 0.1) is 0 Å². The zero-order chi connectivity index (χ0) is 32.8. The second-order valence-electron chi connectivity index (χ2n) is 10.4. The molecule has 236 valence electrons. The van der Waals surface area contributed by atoms with Crippen LogP contribution in [0.15, 0.2) is 144 Å². The van der Waals surface area contributed by atoms with Crippen LogP contribution in [0.2, 0.25) is 0 Å². The summed E-state index contributed by atoms with van der Waals surface area (Å²) in [5, 5.41) is 8.25. The van der Waals surface area contributed by atoms with Crippen molar-refractivity contribution >= 4 is 46.9 Å². The van der Waals surface area contributed by atoms with Gasteiger partial charge in [0.05, 0.1) is 5.25 Å². The van der Waals surface area contributed by atoms with Crippen molar-refractivity contribution in [1.82, 2.24) is 10.3 Å². The second-order valence-corrected chi connectivity index (χ2v) is 11.7. The molecule has 0 spiro atoms. The molecule has 0 fully saturated rings. The summed E-state index contributed by atoms with van der Waals surface area (Å²) in [4.78, 5) is 44.4. The summed E-state index contributed by atoms with van der Waals surface area (Å²) in [7, 11) is 0.